The van der Waals surface area contributed by atoms with E-state index in [2.05, 4.69) is 5.32 Å². The molecule has 5 heteroatoms. The van der Waals surface area contributed by atoms with Crippen LogP contribution in [0.25, 0.3) is 0 Å². The molecule has 2 aliphatic rings. The van der Waals surface area contributed by atoms with Gasteiger partial charge in [0, 0.05) is 19.2 Å². The van der Waals surface area contributed by atoms with Gasteiger partial charge in [-0.3, -0.25) is 0 Å². The van der Waals surface area contributed by atoms with Crippen molar-refractivity contribution in [2.24, 2.45) is 0 Å². The van der Waals surface area contributed by atoms with Gasteiger partial charge in [0.25, 0.3) is 0 Å². The molecule has 0 radical (unpaired) electrons. The summed E-state index contributed by atoms with van der Waals surface area (Å²) in [6, 6.07) is 1.36. The molecule has 0 spiro atoms. The number of rotatable bonds is 0. The Morgan fingerprint density at radius 1 is 1.08 bits per heavy atom. The summed E-state index contributed by atoms with van der Waals surface area (Å²) < 4.78 is 5.37. The highest BCUT2D eigenvalue weighted by Crippen LogP contribution is 2.16. The standard InChI is InChI=1S/C7H13NO.CH4O.2ClH/c1-2-6-4-9-5-7(3-1)8-6;1-2;;/h6-8H,1-5H2;2H,1H3;2*1H. The number of fused-ring (bicyclic) bond motifs is 2. The second-order valence-corrected chi connectivity index (χ2v) is 3.03. The van der Waals surface area contributed by atoms with E-state index in [1.54, 1.807) is 0 Å². The van der Waals surface area contributed by atoms with Crippen LogP contribution in [-0.2, 0) is 4.74 Å². The molecule has 2 rings (SSSR count). The molecule has 0 amide bonds. The van der Waals surface area contributed by atoms with Gasteiger partial charge in [-0.2, -0.15) is 0 Å². The Bertz CT molecular complexity index is 96.3. The molecule has 2 N–H and O–H groups in total. The van der Waals surface area contributed by atoms with Gasteiger partial charge in [0.2, 0.25) is 0 Å². The van der Waals surface area contributed by atoms with Crippen LogP contribution >= 0.6 is 24.8 Å². The van der Waals surface area contributed by atoms with Gasteiger partial charge in [-0.25, -0.2) is 0 Å². The van der Waals surface area contributed by atoms with E-state index >= 15 is 0 Å². The van der Waals surface area contributed by atoms with Crippen LogP contribution in [0, 0.1) is 0 Å². The van der Waals surface area contributed by atoms with Crippen LogP contribution in [0.15, 0.2) is 0 Å². The Balaban J connectivity index is 0. The van der Waals surface area contributed by atoms with Gasteiger partial charge in [-0.15, -0.1) is 24.8 Å². The molecule has 2 bridgehead atoms. The second kappa shape index (κ2) is 9.03. The van der Waals surface area contributed by atoms with Gasteiger partial charge in [0.05, 0.1) is 13.2 Å². The molecule has 2 fully saturated rings. The summed E-state index contributed by atoms with van der Waals surface area (Å²) in [5.41, 5.74) is 0. The predicted molar refractivity (Wildman–Crippen MR) is 58.0 cm³/mol. The molecule has 2 atom stereocenters. The lowest BCUT2D eigenvalue weighted by Gasteiger charge is -2.35. The number of hydrogen-bond donors (Lipinski definition) is 2. The first-order valence-corrected chi connectivity index (χ1v) is 4.23. The summed E-state index contributed by atoms with van der Waals surface area (Å²) >= 11 is 0. The number of morpholine rings is 1. The largest absolute Gasteiger partial charge is 0.400 e. The van der Waals surface area contributed by atoms with Crippen molar-refractivity contribution < 1.29 is 9.84 Å². The number of halogens is 2. The number of aliphatic hydroxyl groups excluding tert-OH is 1. The lowest BCUT2D eigenvalue weighted by Crippen LogP contribution is -2.51. The van der Waals surface area contributed by atoms with Gasteiger partial charge in [0.15, 0.2) is 0 Å². The van der Waals surface area contributed by atoms with Crippen molar-refractivity contribution >= 4 is 24.8 Å². The fraction of sp³-hybridized carbons (Fsp3) is 1.00. The topological polar surface area (TPSA) is 41.5 Å². The number of aliphatic hydroxyl groups is 1. The van der Waals surface area contributed by atoms with E-state index in [4.69, 9.17) is 9.84 Å². The molecular weight excluding hydrogens is 213 g/mol. The van der Waals surface area contributed by atoms with Gasteiger partial charge >= 0.3 is 0 Å². The summed E-state index contributed by atoms with van der Waals surface area (Å²) in [5, 5.41) is 10.5. The Hall–Kier alpha value is 0.460. The molecule has 3 nitrogen and oxygen atoms in total. The third-order valence-electron chi connectivity index (χ3n) is 2.21. The first kappa shape index (κ1) is 15.9. The molecular formula is C8H19Cl2NO2. The van der Waals surface area contributed by atoms with Crippen LogP contribution in [0.4, 0.5) is 0 Å². The zero-order valence-electron chi connectivity index (χ0n) is 7.86. The molecule has 82 valence electrons. The molecule has 2 heterocycles. The number of piperidine rings is 1. The molecule has 0 aromatic heterocycles. The normalized spacial score (nSPS) is 30.0. The molecule has 2 unspecified atom stereocenters. The van der Waals surface area contributed by atoms with Crippen LogP contribution in [0.3, 0.4) is 0 Å². The van der Waals surface area contributed by atoms with Crippen molar-refractivity contribution in [3.8, 4) is 0 Å². The van der Waals surface area contributed by atoms with Crippen molar-refractivity contribution in [3.05, 3.63) is 0 Å². The fourth-order valence-electron chi connectivity index (χ4n) is 1.73. The third-order valence-corrected chi connectivity index (χ3v) is 2.21. The minimum Gasteiger partial charge on any atom is -0.400 e. The van der Waals surface area contributed by atoms with Gasteiger partial charge < -0.3 is 15.2 Å². The van der Waals surface area contributed by atoms with Gasteiger partial charge in [0.1, 0.15) is 0 Å². The maximum atomic E-state index is 7.00. The zero-order valence-corrected chi connectivity index (χ0v) is 9.50. The highest BCUT2D eigenvalue weighted by Gasteiger charge is 2.24. The average Bonchev–Trinajstić information content (AvgIpc) is 2.08. The monoisotopic (exact) mass is 231 g/mol. The predicted octanol–water partition coefficient (Wildman–Crippen LogP) is 0.979. The van der Waals surface area contributed by atoms with Crippen LogP contribution in [0.2, 0.25) is 0 Å². The Kier molecular flexibility index (Phi) is 11.1. The highest BCUT2D eigenvalue weighted by molar-refractivity contribution is 5.85. The third kappa shape index (κ3) is 5.03. The number of hydrogen-bond acceptors (Lipinski definition) is 3. The molecule has 2 saturated heterocycles. The van der Waals surface area contributed by atoms with Crippen molar-refractivity contribution in [1.82, 2.24) is 5.32 Å². The molecule has 0 aromatic rings. The van der Waals surface area contributed by atoms with E-state index in [1.807, 2.05) is 0 Å². The lowest BCUT2D eigenvalue weighted by atomic mass is 9.98. The van der Waals surface area contributed by atoms with E-state index in [0.717, 1.165) is 20.3 Å². The van der Waals surface area contributed by atoms with Crippen molar-refractivity contribution in [3.63, 3.8) is 0 Å². The quantitative estimate of drug-likeness (QED) is 0.654. The summed E-state index contributed by atoms with van der Waals surface area (Å²) in [7, 11) is 1.00. The molecule has 0 aromatic carbocycles. The lowest BCUT2D eigenvalue weighted by molar-refractivity contribution is 0.0238. The average molecular weight is 232 g/mol. The summed E-state index contributed by atoms with van der Waals surface area (Å²) in [5.74, 6) is 0. The minimum absolute atomic E-state index is 0. The van der Waals surface area contributed by atoms with Crippen LogP contribution in [-0.4, -0.2) is 37.5 Å². The smallest absolute Gasteiger partial charge is 0.0620 e. The van der Waals surface area contributed by atoms with E-state index < -0.39 is 0 Å². The summed E-state index contributed by atoms with van der Waals surface area (Å²) in [6.07, 6.45) is 4.03. The summed E-state index contributed by atoms with van der Waals surface area (Å²) in [4.78, 5) is 0. The maximum absolute atomic E-state index is 7.00. The van der Waals surface area contributed by atoms with Gasteiger partial charge in [-0.1, -0.05) is 6.42 Å². The summed E-state index contributed by atoms with van der Waals surface area (Å²) in [6.45, 7) is 1.88. The Labute approximate surface area is 92.1 Å². The van der Waals surface area contributed by atoms with Crippen molar-refractivity contribution in [1.29, 1.82) is 0 Å². The van der Waals surface area contributed by atoms with Gasteiger partial charge in [-0.05, 0) is 12.8 Å². The Morgan fingerprint density at radius 3 is 1.92 bits per heavy atom. The molecule has 0 saturated carbocycles. The van der Waals surface area contributed by atoms with Crippen LogP contribution < -0.4 is 5.32 Å². The first-order valence-electron chi connectivity index (χ1n) is 4.23. The number of nitrogens with one attached hydrogen (secondary N) is 1. The van der Waals surface area contributed by atoms with E-state index in [-0.39, 0.29) is 24.8 Å². The maximum Gasteiger partial charge on any atom is 0.0620 e. The second-order valence-electron chi connectivity index (χ2n) is 3.03. The van der Waals surface area contributed by atoms with Crippen LogP contribution in [0.1, 0.15) is 19.3 Å². The molecule has 0 aliphatic carbocycles. The SMILES string of the molecule is C1CC2COCC(C1)N2.CO.Cl.Cl. The highest BCUT2D eigenvalue weighted by atomic mass is 35.5. The zero-order chi connectivity index (χ0) is 8.10. The van der Waals surface area contributed by atoms with Crippen LogP contribution in [0.5, 0.6) is 0 Å². The van der Waals surface area contributed by atoms with Crippen molar-refractivity contribution in [2.45, 2.75) is 31.3 Å². The number of ether oxygens (including phenoxy) is 1. The molecule has 13 heavy (non-hydrogen) atoms. The van der Waals surface area contributed by atoms with E-state index in [0.29, 0.717) is 12.1 Å². The molecule has 2 aliphatic heterocycles. The first-order chi connectivity index (χ1) is 5.45. The fourth-order valence-corrected chi connectivity index (χ4v) is 1.73. The van der Waals surface area contributed by atoms with E-state index in [1.165, 1.54) is 19.3 Å². The minimum atomic E-state index is 0. The van der Waals surface area contributed by atoms with E-state index in [9.17, 15) is 0 Å². The Morgan fingerprint density at radius 2 is 1.54 bits per heavy atom. The van der Waals surface area contributed by atoms with Crippen molar-refractivity contribution in [2.75, 3.05) is 20.3 Å².